The Morgan fingerprint density at radius 3 is 2.40 bits per heavy atom. The van der Waals surface area contributed by atoms with Gasteiger partial charge in [0.05, 0.1) is 5.69 Å². The molecule has 0 unspecified atom stereocenters. The van der Waals surface area contributed by atoms with Gasteiger partial charge in [0.15, 0.2) is 0 Å². The van der Waals surface area contributed by atoms with Crippen LogP contribution in [-0.4, -0.2) is 57.4 Å². The largest absolute Gasteiger partial charge is 0.524 e. The Balaban J connectivity index is 1.31. The number of benzene rings is 3. The zero-order valence-corrected chi connectivity index (χ0v) is 28.1. The third-order valence-corrected chi connectivity index (χ3v) is 8.98. The molecule has 0 fully saturated rings. The van der Waals surface area contributed by atoms with Gasteiger partial charge in [-0.2, -0.15) is 0 Å². The van der Waals surface area contributed by atoms with Gasteiger partial charge >= 0.3 is 7.82 Å². The van der Waals surface area contributed by atoms with Crippen molar-refractivity contribution in [3.8, 4) is 5.75 Å². The van der Waals surface area contributed by atoms with Crippen molar-refractivity contribution in [2.45, 2.75) is 63.7 Å². The zero-order valence-electron chi connectivity index (χ0n) is 27.2. The first-order chi connectivity index (χ1) is 23.8. The van der Waals surface area contributed by atoms with Crippen LogP contribution in [0.15, 0.2) is 78.9 Å². The molecule has 0 saturated carbocycles. The van der Waals surface area contributed by atoms with Crippen molar-refractivity contribution in [1.82, 2.24) is 16.0 Å². The van der Waals surface area contributed by atoms with Crippen LogP contribution < -0.4 is 31.1 Å². The van der Waals surface area contributed by atoms with Crippen LogP contribution in [0.5, 0.6) is 5.75 Å². The molecule has 0 bridgehead atoms. The number of nitrogens with two attached hydrogens (primary N) is 1. The Labute approximate surface area is 288 Å². The van der Waals surface area contributed by atoms with Gasteiger partial charge in [-0.25, -0.2) is 4.57 Å². The number of nitrogens with zero attached hydrogens (tertiary/aromatic N) is 1. The fourth-order valence-corrected chi connectivity index (χ4v) is 6.51. The number of nitrogens with one attached hydrogen (secondary N) is 3. The van der Waals surface area contributed by atoms with E-state index in [0.29, 0.717) is 23.2 Å². The Hall–Kier alpha value is -5.30. The highest BCUT2D eigenvalue weighted by Crippen LogP contribution is 2.39. The van der Waals surface area contributed by atoms with Crippen LogP contribution >= 0.6 is 7.82 Å². The standard InChI is InChI=1S/C35H38N5O9P/c1-21(23-10-13-26(14-11-23)49-50(46,47)48)18-31(42)38-28-15-12-24-8-5-9-25-19-29(40(32(24)25)35(28)45)34(44)39-27(16-17-30(36)41)33(43)37-20-22-6-3-2-4-7-22/h2-11,13-14,18,27-29H,12,15-17,19-20H2,1H3,(H2,36,41)(H,37,43)(H,38,42)(H,39,44)(H2,46,47,48)/b21-18+/t27-,28-,29-/m0/s1. The maximum atomic E-state index is 14.1. The Bertz CT molecular complexity index is 1860. The molecule has 5 rings (SSSR count). The molecule has 3 aromatic rings. The van der Waals surface area contributed by atoms with Gasteiger partial charge < -0.3 is 26.2 Å². The fourth-order valence-electron chi connectivity index (χ4n) is 6.12. The molecule has 0 aromatic heterocycles. The molecule has 15 heteroatoms. The highest BCUT2D eigenvalue weighted by Gasteiger charge is 2.44. The molecule has 50 heavy (non-hydrogen) atoms. The summed E-state index contributed by atoms with van der Waals surface area (Å²) in [5, 5.41) is 8.32. The summed E-state index contributed by atoms with van der Waals surface area (Å²) >= 11 is 0. The highest BCUT2D eigenvalue weighted by molar-refractivity contribution is 7.46. The maximum Gasteiger partial charge on any atom is 0.524 e. The lowest BCUT2D eigenvalue weighted by Gasteiger charge is -2.29. The molecule has 3 aromatic carbocycles. The fraction of sp³-hybridized carbons (Fsp3) is 0.286. The first kappa shape index (κ1) is 36.0. The number of amides is 5. The van der Waals surface area contributed by atoms with Crippen molar-refractivity contribution in [3.05, 3.63) is 101 Å². The van der Waals surface area contributed by atoms with Crippen molar-refractivity contribution >= 4 is 48.6 Å². The van der Waals surface area contributed by atoms with Crippen molar-refractivity contribution in [2.24, 2.45) is 5.73 Å². The summed E-state index contributed by atoms with van der Waals surface area (Å²) in [6.07, 6.45) is 2.05. The third-order valence-electron chi connectivity index (χ3n) is 8.53. The molecular weight excluding hydrogens is 665 g/mol. The van der Waals surface area contributed by atoms with Crippen molar-refractivity contribution in [1.29, 1.82) is 0 Å². The van der Waals surface area contributed by atoms with Crippen LogP contribution in [0.3, 0.4) is 0 Å². The molecule has 14 nitrogen and oxygen atoms in total. The summed E-state index contributed by atoms with van der Waals surface area (Å²) in [5.74, 6) is -2.79. The predicted octanol–water partition coefficient (Wildman–Crippen LogP) is 2.02. The molecule has 262 valence electrons. The molecule has 3 atom stereocenters. The molecule has 2 heterocycles. The number of hydrogen-bond acceptors (Lipinski definition) is 7. The van der Waals surface area contributed by atoms with Gasteiger partial charge in [-0.05, 0) is 66.1 Å². The monoisotopic (exact) mass is 703 g/mol. The van der Waals surface area contributed by atoms with Gasteiger partial charge in [0, 0.05) is 25.5 Å². The van der Waals surface area contributed by atoms with Gasteiger partial charge in [-0.15, -0.1) is 0 Å². The maximum absolute atomic E-state index is 14.1. The number of anilines is 1. The second kappa shape index (κ2) is 15.5. The molecule has 2 aliphatic rings. The first-order valence-electron chi connectivity index (χ1n) is 16.0. The average molecular weight is 704 g/mol. The van der Waals surface area contributed by atoms with Crippen LogP contribution in [0.4, 0.5) is 5.69 Å². The molecular formula is C35H38N5O9P. The summed E-state index contributed by atoms with van der Waals surface area (Å²) in [7, 11) is -4.72. The second-order valence-electron chi connectivity index (χ2n) is 12.2. The summed E-state index contributed by atoms with van der Waals surface area (Å²) in [6, 6.07) is 17.5. The number of para-hydroxylation sites is 1. The van der Waals surface area contributed by atoms with E-state index in [-0.39, 0.29) is 38.0 Å². The lowest BCUT2D eigenvalue weighted by Crippen LogP contribution is -2.57. The SMILES string of the molecule is C/C(=C\C(=O)N[C@H]1CCc2cccc3c2N(C1=O)[C@H](C(=O)N[C@@H](CCC(N)=O)C(=O)NCc1ccccc1)C3)c1ccc(OP(=O)(O)O)cc1. The average Bonchev–Trinajstić information content (AvgIpc) is 3.41. The normalized spacial score (nSPS) is 17.6. The smallest absolute Gasteiger partial charge is 0.404 e. The quantitative estimate of drug-likeness (QED) is 0.113. The molecule has 0 spiro atoms. The summed E-state index contributed by atoms with van der Waals surface area (Å²) in [6.45, 7) is 1.87. The minimum atomic E-state index is -4.72. The number of phosphoric acid groups is 1. The predicted molar refractivity (Wildman–Crippen MR) is 183 cm³/mol. The van der Waals surface area contributed by atoms with Gasteiger partial charge in [0.2, 0.25) is 29.5 Å². The summed E-state index contributed by atoms with van der Waals surface area (Å²) in [5.41, 5.74) is 9.54. The van der Waals surface area contributed by atoms with Crippen LogP contribution in [0, 0.1) is 0 Å². The lowest BCUT2D eigenvalue weighted by atomic mass is 10.0. The van der Waals surface area contributed by atoms with Gasteiger partial charge in [-0.1, -0.05) is 60.7 Å². The number of phosphoric ester groups is 1. The van der Waals surface area contributed by atoms with E-state index in [1.54, 1.807) is 6.92 Å². The van der Waals surface area contributed by atoms with Gasteiger partial charge in [-0.3, -0.25) is 38.7 Å². The number of allylic oxidation sites excluding steroid dienone is 1. The number of hydrogen-bond donors (Lipinski definition) is 6. The van der Waals surface area contributed by atoms with Crippen LogP contribution in [0.1, 0.15) is 48.4 Å². The minimum Gasteiger partial charge on any atom is -0.404 e. The minimum absolute atomic E-state index is 0.0373. The van der Waals surface area contributed by atoms with E-state index >= 15 is 0 Å². The molecule has 2 aliphatic heterocycles. The molecule has 0 radical (unpaired) electrons. The van der Waals surface area contributed by atoms with Crippen molar-refractivity contribution < 1.29 is 42.8 Å². The number of carbonyl (C=O) groups is 5. The number of carbonyl (C=O) groups excluding carboxylic acids is 5. The van der Waals surface area contributed by atoms with E-state index < -0.39 is 55.5 Å². The van der Waals surface area contributed by atoms with E-state index in [4.69, 9.17) is 15.5 Å². The second-order valence-corrected chi connectivity index (χ2v) is 13.3. The van der Waals surface area contributed by atoms with Crippen molar-refractivity contribution in [2.75, 3.05) is 4.90 Å². The van der Waals surface area contributed by atoms with E-state index in [1.807, 2.05) is 48.5 Å². The highest BCUT2D eigenvalue weighted by atomic mass is 31.2. The van der Waals surface area contributed by atoms with E-state index in [2.05, 4.69) is 20.5 Å². The summed E-state index contributed by atoms with van der Waals surface area (Å²) < 4.78 is 15.7. The number of primary amides is 1. The molecule has 5 amide bonds. The topological polar surface area (TPSA) is 217 Å². The lowest BCUT2D eigenvalue weighted by molar-refractivity contribution is -0.131. The third kappa shape index (κ3) is 9.03. The van der Waals surface area contributed by atoms with E-state index in [0.717, 1.165) is 16.7 Å². The zero-order chi connectivity index (χ0) is 36.0. The van der Waals surface area contributed by atoms with Crippen LogP contribution in [0.25, 0.3) is 5.57 Å². The first-order valence-corrected chi connectivity index (χ1v) is 17.5. The Kier molecular flexibility index (Phi) is 11.2. The molecule has 7 N–H and O–H groups in total. The van der Waals surface area contributed by atoms with Gasteiger partial charge in [0.1, 0.15) is 23.9 Å². The number of aryl methyl sites for hydroxylation is 1. The Morgan fingerprint density at radius 2 is 1.72 bits per heavy atom. The van der Waals surface area contributed by atoms with Gasteiger partial charge in [0.25, 0.3) is 0 Å². The van der Waals surface area contributed by atoms with E-state index in [1.165, 1.54) is 35.2 Å². The van der Waals surface area contributed by atoms with Crippen LogP contribution in [0.2, 0.25) is 0 Å². The Morgan fingerprint density at radius 1 is 1.02 bits per heavy atom. The van der Waals surface area contributed by atoms with E-state index in [9.17, 15) is 28.5 Å². The molecule has 0 aliphatic carbocycles. The number of rotatable bonds is 13. The summed E-state index contributed by atoms with van der Waals surface area (Å²) in [4.78, 5) is 85.4. The van der Waals surface area contributed by atoms with Crippen LogP contribution in [-0.2, 0) is 47.9 Å². The van der Waals surface area contributed by atoms with Crippen molar-refractivity contribution in [3.63, 3.8) is 0 Å². The molecule has 0 saturated heterocycles.